The standard InChI is InChI=1S/C15H20NO3/c1-3-19-14-5-4-11(9-15(14)18-2)8-13(17)12-6-7-16-10-12/h4-5,9,12H,3,6-8,10H2,1-2H3. The number of ketones is 1. The minimum atomic E-state index is 0.109. The van der Waals surface area contributed by atoms with Crippen LogP contribution in [-0.2, 0) is 11.2 Å². The molecule has 0 saturated carbocycles. The molecule has 4 heteroatoms. The zero-order valence-electron chi connectivity index (χ0n) is 11.5. The number of hydrogen-bond acceptors (Lipinski definition) is 3. The molecule has 0 bridgehead atoms. The predicted molar refractivity (Wildman–Crippen MR) is 72.8 cm³/mol. The highest BCUT2D eigenvalue weighted by molar-refractivity contribution is 5.84. The summed E-state index contributed by atoms with van der Waals surface area (Å²) in [6, 6.07) is 5.68. The highest BCUT2D eigenvalue weighted by atomic mass is 16.5. The van der Waals surface area contributed by atoms with Gasteiger partial charge in [0.2, 0.25) is 0 Å². The first-order valence-corrected chi connectivity index (χ1v) is 6.70. The normalized spacial score (nSPS) is 18.3. The van der Waals surface area contributed by atoms with Crippen LogP contribution in [0.15, 0.2) is 18.2 Å². The summed E-state index contributed by atoms with van der Waals surface area (Å²) in [6.07, 6.45) is 1.34. The first-order valence-electron chi connectivity index (χ1n) is 6.70. The van der Waals surface area contributed by atoms with Gasteiger partial charge in [0.25, 0.3) is 0 Å². The largest absolute Gasteiger partial charge is 0.493 e. The van der Waals surface area contributed by atoms with Gasteiger partial charge < -0.3 is 9.47 Å². The first-order chi connectivity index (χ1) is 9.24. The molecule has 2 rings (SSSR count). The molecule has 103 valence electrons. The van der Waals surface area contributed by atoms with Gasteiger partial charge in [0.15, 0.2) is 11.5 Å². The summed E-state index contributed by atoms with van der Waals surface area (Å²) >= 11 is 0. The van der Waals surface area contributed by atoms with Crippen LogP contribution >= 0.6 is 0 Å². The molecule has 1 atom stereocenters. The molecule has 1 aliphatic rings. The summed E-state index contributed by atoms with van der Waals surface area (Å²) in [5.74, 6) is 1.78. The number of rotatable bonds is 6. The Morgan fingerprint density at radius 3 is 2.89 bits per heavy atom. The van der Waals surface area contributed by atoms with Crippen LogP contribution in [0.2, 0.25) is 0 Å². The molecule has 0 amide bonds. The summed E-state index contributed by atoms with van der Waals surface area (Å²) < 4.78 is 10.8. The van der Waals surface area contributed by atoms with E-state index in [1.54, 1.807) is 7.11 Å². The van der Waals surface area contributed by atoms with E-state index in [1.807, 2.05) is 25.1 Å². The molecule has 1 radical (unpaired) electrons. The van der Waals surface area contributed by atoms with Gasteiger partial charge in [-0.3, -0.25) is 4.79 Å². The molecule has 1 fully saturated rings. The van der Waals surface area contributed by atoms with E-state index in [2.05, 4.69) is 5.32 Å². The number of hydrogen-bond donors (Lipinski definition) is 0. The van der Waals surface area contributed by atoms with E-state index < -0.39 is 0 Å². The number of nitrogens with zero attached hydrogens (tertiary/aromatic N) is 1. The van der Waals surface area contributed by atoms with E-state index in [0.29, 0.717) is 25.3 Å². The van der Waals surface area contributed by atoms with Crippen LogP contribution in [0.4, 0.5) is 0 Å². The van der Waals surface area contributed by atoms with E-state index >= 15 is 0 Å². The van der Waals surface area contributed by atoms with Crippen LogP contribution in [0, 0.1) is 5.92 Å². The van der Waals surface area contributed by atoms with Crippen LogP contribution in [0.25, 0.3) is 0 Å². The van der Waals surface area contributed by atoms with Crippen molar-refractivity contribution in [2.45, 2.75) is 19.8 Å². The molecule has 0 aliphatic carbocycles. The molecular weight excluding hydrogens is 242 g/mol. The van der Waals surface area contributed by atoms with Crippen molar-refractivity contribution in [2.24, 2.45) is 5.92 Å². The average molecular weight is 262 g/mol. The fourth-order valence-electron chi connectivity index (χ4n) is 2.29. The minimum Gasteiger partial charge on any atom is -0.493 e. The van der Waals surface area contributed by atoms with E-state index in [9.17, 15) is 4.79 Å². The highest BCUT2D eigenvalue weighted by Gasteiger charge is 2.23. The van der Waals surface area contributed by atoms with Gasteiger partial charge in [-0.05, 0) is 31.0 Å². The zero-order chi connectivity index (χ0) is 13.7. The van der Waals surface area contributed by atoms with Crippen molar-refractivity contribution >= 4 is 5.78 Å². The fraction of sp³-hybridized carbons (Fsp3) is 0.533. The van der Waals surface area contributed by atoms with Gasteiger partial charge in [0, 0.05) is 25.4 Å². The van der Waals surface area contributed by atoms with Crippen LogP contribution in [0.1, 0.15) is 18.9 Å². The Labute approximate surface area is 114 Å². The summed E-state index contributed by atoms with van der Waals surface area (Å²) in [5.41, 5.74) is 0.970. The topological polar surface area (TPSA) is 49.6 Å². The number of carbonyl (C=O) groups is 1. The second kappa shape index (κ2) is 6.57. The van der Waals surface area contributed by atoms with Crippen molar-refractivity contribution in [1.82, 2.24) is 5.32 Å². The SMILES string of the molecule is CCOc1ccc(CC(=O)C2CC[N]C2)cc1OC. The molecule has 1 heterocycles. The van der Waals surface area contributed by atoms with Crippen LogP contribution in [0.3, 0.4) is 0 Å². The molecule has 0 N–H and O–H groups in total. The number of methoxy groups -OCH3 is 1. The predicted octanol–water partition coefficient (Wildman–Crippen LogP) is 1.83. The van der Waals surface area contributed by atoms with Gasteiger partial charge in [-0.2, -0.15) is 0 Å². The van der Waals surface area contributed by atoms with Gasteiger partial charge in [0.1, 0.15) is 5.78 Å². The second-order valence-electron chi connectivity index (χ2n) is 4.68. The van der Waals surface area contributed by atoms with Gasteiger partial charge in [0.05, 0.1) is 13.7 Å². The van der Waals surface area contributed by atoms with E-state index in [-0.39, 0.29) is 11.7 Å². The third-order valence-corrected chi connectivity index (χ3v) is 3.35. The lowest BCUT2D eigenvalue weighted by atomic mass is 9.97. The summed E-state index contributed by atoms with van der Waals surface area (Å²) in [4.78, 5) is 12.1. The maximum absolute atomic E-state index is 12.1. The molecule has 1 unspecified atom stereocenters. The van der Waals surface area contributed by atoms with Crippen LogP contribution in [0.5, 0.6) is 11.5 Å². The van der Waals surface area contributed by atoms with Crippen LogP contribution < -0.4 is 14.8 Å². The molecule has 0 aromatic heterocycles. The summed E-state index contributed by atoms with van der Waals surface area (Å²) in [5, 5.41) is 4.23. The average Bonchev–Trinajstić information content (AvgIpc) is 2.94. The van der Waals surface area contributed by atoms with Gasteiger partial charge in [-0.1, -0.05) is 6.07 Å². The molecular formula is C15H20NO3. The van der Waals surface area contributed by atoms with Crippen molar-refractivity contribution in [2.75, 3.05) is 26.8 Å². The lowest BCUT2D eigenvalue weighted by molar-refractivity contribution is -0.121. The Hall–Kier alpha value is -1.55. The van der Waals surface area contributed by atoms with E-state index in [1.165, 1.54) is 0 Å². The third-order valence-electron chi connectivity index (χ3n) is 3.35. The third kappa shape index (κ3) is 3.47. The number of carbonyl (C=O) groups excluding carboxylic acids is 1. The van der Waals surface area contributed by atoms with Gasteiger partial charge >= 0.3 is 0 Å². The lowest BCUT2D eigenvalue weighted by Crippen LogP contribution is -2.17. The smallest absolute Gasteiger partial charge is 0.161 e. The molecule has 0 spiro atoms. The lowest BCUT2D eigenvalue weighted by Gasteiger charge is -2.12. The second-order valence-corrected chi connectivity index (χ2v) is 4.68. The molecule has 19 heavy (non-hydrogen) atoms. The van der Waals surface area contributed by atoms with Crippen molar-refractivity contribution in [3.8, 4) is 11.5 Å². The van der Waals surface area contributed by atoms with Crippen molar-refractivity contribution in [1.29, 1.82) is 0 Å². The quantitative estimate of drug-likeness (QED) is 0.786. The van der Waals surface area contributed by atoms with Crippen molar-refractivity contribution in [3.63, 3.8) is 0 Å². The fourth-order valence-corrected chi connectivity index (χ4v) is 2.29. The summed E-state index contributed by atoms with van der Waals surface area (Å²) in [7, 11) is 1.61. The van der Waals surface area contributed by atoms with Gasteiger partial charge in [-0.25, -0.2) is 5.32 Å². The molecule has 1 saturated heterocycles. The number of Topliss-reactive ketones (excluding diaryl/α,β-unsaturated/α-hetero) is 1. The molecule has 4 nitrogen and oxygen atoms in total. The first kappa shape index (κ1) is 13.9. The summed E-state index contributed by atoms with van der Waals surface area (Å²) in [6.45, 7) is 4.04. The number of ether oxygens (including phenoxy) is 2. The Balaban J connectivity index is 2.05. The molecule has 1 aliphatic heterocycles. The zero-order valence-corrected chi connectivity index (χ0v) is 11.5. The Kier molecular flexibility index (Phi) is 4.80. The maximum atomic E-state index is 12.1. The molecule has 1 aromatic rings. The van der Waals surface area contributed by atoms with Gasteiger partial charge in [-0.15, -0.1) is 0 Å². The minimum absolute atomic E-state index is 0.109. The van der Waals surface area contributed by atoms with Crippen molar-refractivity contribution < 1.29 is 14.3 Å². The maximum Gasteiger partial charge on any atom is 0.161 e. The van der Waals surface area contributed by atoms with E-state index in [4.69, 9.17) is 9.47 Å². The monoisotopic (exact) mass is 262 g/mol. The van der Waals surface area contributed by atoms with Crippen LogP contribution in [-0.4, -0.2) is 32.6 Å². The number of benzene rings is 1. The Morgan fingerprint density at radius 2 is 2.26 bits per heavy atom. The molecule has 1 aromatic carbocycles. The van der Waals surface area contributed by atoms with Crippen molar-refractivity contribution in [3.05, 3.63) is 23.8 Å². The Morgan fingerprint density at radius 1 is 1.42 bits per heavy atom. The Bertz CT molecular complexity index is 439. The highest BCUT2D eigenvalue weighted by Crippen LogP contribution is 2.28. The van der Waals surface area contributed by atoms with E-state index in [0.717, 1.165) is 24.3 Å².